The third kappa shape index (κ3) is 2.73. The summed E-state index contributed by atoms with van der Waals surface area (Å²) in [6.07, 6.45) is 7.35. The predicted octanol–water partition coefficient (Wildman–Crippen LogP) is 3.27. The highest BCUT2D eigenvalue weighted by Gasteiger charge is 2.26. The molecule has 1 unspecified atom stereocenters. The standard InChI is InChI=1S/C19H19N5/c1-2-16-12-14-6-3-4-7-15(14)13-24(16)17-8-11-22-19(23-17)18-20-9-5-10-21-18/h3-11,16H,2,12-13H2,1H3. The van der Waals surface area contributed by atoms with Gasteiger partial charge >= 0.3 is 0 Å². The first-order valence-corrected chi connectivity index (χ1v) is 8.29. The smallest absolute Gasteiger partial charge is 0.199 e. The Morgan fingerprint density at radius 1 is 0.917 bits per heavy atom. The Bertz CT molecular complexity index is 834. The number of hydrogen-bond acceptors (Lipinski definition) is 5. The molecule has 5 heteroatoms. The lowest BCUT2D eigenvalue weighted by atomic mass is 9.93. The van der Waals surface area contributed by atoms with Crippen molar-refractivity contribution in [2.75, 3.05) is 4.90 Å². The maximum Gasteiger partial charge on any atom is 0.199 e. The van der Waals surface area contributed by atoms with E-state index >= 15 is 0 Å². The molecule has 1 aliphatic heterocycles. The SMILES string of the molecule is CCC1Cc2ccccc2CN1c1ccnc(-c2ncccn2)n1. The predicted molar refractivity (Wildman–Crippen MR) is 93.5 cm³/mol. The van der Waals surface area contributed by atoms with Gasteiger partial charge in [0, 0.05) is 31.2 Å². The zero-order valence-corrected chi connectivity index (χ0v) is 13.6. The Morgan fingerprint density at radius 2 is 1.67 bits per heavy atom. The summed E-state index contributed by atoms with van der Waals surface area (Å²) in [4.78, 5) is 19.9. The molecule has 3 aromatic rings. The van der Waals surface area contributed by atoms with E-state index in [0.717, 1.165) is 25.2 Å². The number of fused-ring (bicyclic) bond motifs is 1. The molecule has 0 amide bonds. The Kier molecular flexibility index (Phi) is 3.91. The van der Waals surface area contributed by atoms with Crippen molar-refractivity contribution in [1.29, 1.82) is 0 Å². The van der Waals surface area contributed by atoms with Gasteiger partial charge in [-0.3, -0.25) is 0 Å². The van der Waals surface area contributed by atoms with Crippen molar-refractivity contribution in [3.05, 3.63) is 66.1 Å². The second-order valence-corrected chi connectivity index (χ2v) is 5.97. The lowest BCUT2D eigenvalue weighted by Crippen LogP contribution is -2.40. The molecule has 0 bridgehead atoms. The summed E-state index contributed by atoms with van der Waals surface area (Å²) in [5.41, 5.74) is 2.82. The number of rotatable bonds is 3. The molecular formula is C19H19N5. The first kappa shape index (κ1) is 14.8. The minimum atomic E-state index is 0.444. The number of hydrogen-bond donors (Lipinski definition) is 0. The van der Waals surface area contributed by atoms with Gasteiger partial charge in [0.1, 0.15) is 5.82 Å². The van der Waals surface area contributed by atoms with Crippen molar-refractivity contribution < 1.29 is 0 Å². The molecule has 0 radical (unpaired) electrons. The minimum absolute atomic E-state index is 0.444. The van der Waals surface area contributed by atoms with E-state index in [2.05, 4.69) is 51.0 Å². The minimum Gasteiger partial charge on any atom is -0.349 e. The molecule has 3 heterocycles. The Labute approximate surface area is 141 Å². The van der Waals surface area contributed by atoms with E-state index in [1.54, 1.807) is 24.7 Å². The van der Waals surface area contributed by atoms with Gasteiger partial charge in [-0.15, -0.1) is 0 Å². The fourth-order valence-electron chi connectivity index (χ4n) is 3.25. The Morgan fingerprint density at radius 3 is 2.46 bits per heavy atom. The fourth-order valence-corrected chi connectivity index (χ4v) is 3.25. The largest absolute Gasteiger partial charge is 0.349 e. The maximum atomic E-state index is 4.73. The molecule has 5 nitrogen and oxygen atoms in total. The normalized spacial score (nSPS) is 16.7. The van der Waals surface area contributed by atoms with Crippen LogP contribution in [-0.4, -0.2) is 26.0 Å². The van der Waals surface area contributed by atoms with Crippen LogP contribution in [0.15, 0.2) is 55.0 Å². The lowest BCUT2D eigenvalue weighted by Gasteiger charge is -2.37. The third-order valence-electron chi connectivity index (χ3n) is 4.53. The second-order valence-electron chi connectivity index (χ2n) is 5.97. The summed E-state index contributed by atoms with van der Waals surface area (Å²) in [6, 6.07) is 12.9. The average molecular weight is 317 g/mol. The van der Waals surface area contributed by atoms with Gasteiger partial charge in [-0.05, 0) is 36.1 Å². The van der Waals surface area contributed by atoms with Gasteiger partial charge in [0.25, 0.3) is 0 Å². The van der Waals surface area contributed by atoms with Crippen molar-refractivity contribution in [1.82, 2.24) is 19.9 Å². The van der Waals surface area contributed by atoms with Gasteiger partial charge in [0.15, 0.2) is 11.6 Å². The molecule has 24 heavy (non-hydrogen) atoms. The molecule has 1 aliphatic rings. The van der Waals surface area contributed by atoms with E-state index in [-0.39, 0.29) is 0 Å². The third-order valence-corrected chi connectivity index (χ3v) is 4.53. The first-order valence-electron chi connectivity index (χ1n) is 8.29. The molecule has 0 spiro atoms. The van der Waals surface area contributed by atoms with E-state index in [1.165, 1.54) is 11.1 Å². The zero-order valence-electron chi connectivity index (χ0n) is 13.6. The summed E-state index contributed by atoms with van der Waals surface area (Å²) < 4.78 is 0. The molecule has 1 atom stereocenters. The Balaban J connectivity index is 1.70. The first-order chi connectivity index (χ1) is 11.8. The molecule has 0 N–H and O–H groups in total. The van der Waals surface area contributed by atoms with Crippen LogP contribution in [-0.2, 0) is 13.0 Å². The van der Waals surface area contributed by atoms with Crippen molar-refractivity contribution in [2.24, 2.45) is 0 Å². The van der Waals surface area contributed by atoms with Crippen LogP contribution in [0, 0.1) is 0 Å². The van der Waals surface area contributed by atoms with Crippen molar-refractivity contribution in [3.8, 4) is 11.6 Å². The summed E-state index contributed by atoms with van der Waals surface area (Å²) >= 11 is 0. The molecule has 0 aliphatic carbocycles. The van der Waals surface area contributed by atoms with Crippen LogP contribution in [0.2, 0.25) is 0 Å². The van der Waals surface area contributed by atoms with E-state index in [1.807, 2.05) is 6.07 Å². The van der Waals surface area contributed by atoms with Crippen LogP contribution in [0.1, 0.15) is 24.5 Å². The van der Waals surface area contributed by atoms with Gasteiger partial charge in [0.2, 0.25) is 0 Å². The van der Waals surface area contributed by atoms with Gasteiger partial charge in [-0.1, -0.05) is 31.2 Å². The number of benzene rings is 1. The second kappa shape index (κ2) is 6.35. The Hall–Kier alpha value is -2.82. The zero-order chi connectivity index (χ0) is 16.4. The van der Waals surface area contributed by atoms with Crippen LogP contribution >= 0.6 is 0 Å². The average Bonchev–Trinajstić information content (AvgIpc) is 2.67. The monoisotopic (exact) mass is 317 g/mol. The van der Waals surface area contributed by atoms with Crippen molar-refractivity contribution in [3.63, 3.8) is 0 Å². The molecule has 0 saturated heterocycles. The fraction of sp³-hybridized carbons (Fsp3) is 0.263. The highest BCUT2D eigenvalue weighted by molar-refractivity contribution is 5.51. The van der Waals surface area contributed by atoms with E-state index in [4.69, 9.17) is 4.98 Å². The molecule has 0 fully saturated rings. The van der Waals surface area contributed by atoms with Crippen LogP contribution in [0.25, 0.3) is 11.6 Å². The summed E-state index contributed by atoms with van der Waals surface area (Å²) in [7, 11) is 0. The van der Waals surface area contributed by atoms with Crippen LogP contribution in [0.5, 0.6) is 0 Å². The molecule has 120 valence electrons. The van der Waals surface area contributed by atoms with Crippen LogP contribution in [0.4, 0.5) is 5.82 Å². The van der Waals surface area contributed by atoms with Gasteiger partial charge in [-0.2, -0.15) is 0 Å². The van der Waals surface area contributed by atoms with E-state index in [0.29, 0.717) is 17.7 Å². The molecule has 4 rings (SSSR count). The highest BCUT2D eigenvalue weighted by atomic mass is 15.2. The van der Waals surface area contributed by atoms with E-state index in [9.17, 15) is 0 Å². The molecule has 1 aromatic carbocycles. The molecular weight excluding hydrogens is 298 g/mol. The van der Waals surface area contributed by atoms with E-state index < -0.39 is 0 Å². The molecule has 2 aromatic heterocycles. The van der Waals surface area contributed by atoms with Crippen molar-refractivity contribution in [2.45, 2.75) is 32.4 Å². The number of aromatic nitrogens is 4. The maximum absolute atomic E-state index is 4.73. The lowest BCUT2D eigenvalue weighted by molar-refractivity contribution is 0.534. The quantitative estimate of drug-likeness (QED) is 0.742. The number of nitrogens with zero attached hydrogens (tertiary/aromatic N) is 5. The highest BCUT2D eigenvalue weighted by Crippen LogP contribution is 2.29. The van der Waals surface area contributed by atoms with Gasteiger partial charge in [-0.25, -0.2) is 19.9 Å². The number of anilines is 1. The summed E-state index contributed by atoms with van der Waals surface area (Å²) in [5, 5.41) is 0. The summed E-state index contributed by atoms with van der Waals surface area (Å²) in [5.74, 6) is 2.07. The topological polar surface area (TPSA) is 54.8 Å². The van der Waals surface area contributed by atoms with Gasteiger partial charge in [0.05, 0.1) is 0 Å². The molecule has 0 saturated carbocycles. The van der Waals surface area contributed by atoms with Crippen LogP contribution in [0.3, 0.4) is 0 Å². The van der Waals surface area contributed by atoms with Crippen LogP contribution < -0.4 is 4.90 Å². The van der Waals surface area contributed by atoms with Crippen molar-refractivity contribution >= 4 is 5.82 Å². The van der Waals surface area contributed by atoms with Gasteiger partial charge < -0.3 is 4.90 Å². The summed E-state index contributed by atoms with van der Waals surface area (Å²) in [6.45, 7) is 3.11.